The number of thiophene rings is 1. The maximum atomic E-state index is 11.8. The molecule has 2 aromatic heterocycles. The lowest BCUT2D eigenvalue weighted by Gasteiger charge is -2.08. The summed E-state index contributed by atoms with van der Waals surface area (Å²) in [7, 11) is 0. The first-order valence-electron chi connectivity index (χ1n) is 6.75. The van der Waals surface area contributed by atoms with E-state index in [0.717, 1.165) is 11.3 Å². The van der Waals surface area contributed by atoms with Gasteiger partial charge in [-0.2, -0.15) is 0 Å². The lowest BCUT2D eigenvalue weighted by molar-refractivity contribution is -0.120. The van der Waals surface area contributed by atoms with Crippen molar-refractivity contribution in [2.75, 3.05) is 6.54 Å². The molecule has 7 heteroatoms. The third kappa shape index (κ3) is 4.05. The fourth-order valence-corrected chi connectivity index (χ4v) is 2.65. The van der Waals surface area contributed by atoms with E-state index in [4.69, 9.17) is 0 Å². The summed E-state index contributed by atoms with van der Waals surface area (Å²) in [6.45, 7) is 3.63. The van der Waals surface area contributed by atoms with Gasteiger partial charge in [0.1, 0.15) is 0 Å². The van der Waals surface area contributed by atoms with E-state index in [1.165, 1.54) is 11.3 Å². The molecule has 0 spiro atoms. The maximum absolute atomic E-state index is 11.8. The maximum Gasteiger partial charge on any atom is 0.261 e. The number of aromatic nitrogens is 1. The standard InChI is InChI=1S/C15H17N3O3S/c1-9-6-10(2)18-14(20)11(9)7-16-13(19)8-17-15(21)12-4-3-5-22-12/h3-6H,7-8H2,1-2H3,(H,16,19)(H,17,21)(H,18,20). The minimum atomic E-state index is -0.343. The second kappa shape index (κ2) is 7.04. The zero-order valence-electron chi connectivity index (χ0n) is 12.4. The zero-order chi connectivity index (χ0) is 16.1. The number of hydrogen-bond acceptors (Lipinski definition) is 4. The first-order valence-corrected chi connectivity index (χ1v) is 7.63. The Kier molecular flexibility index (Phi) is 5.11. The van der Waals surface area contributed by atoms with Crippen LogP contribution in [0.25, 0.3) is 0 Å². The summed E-state index contributed by atoms with van der Waals surface area (Å²) < 4.78 is 0. The normalized spacial score (nSPS) is 10.3. The fraction of sp³-hybridized carbons (Fsp3) is 0.267. The van der Waals surface area contributed by atoms with Crippen molar-refractivity contribution in [2.45, 2.75) is 20.4 Å². The minimum absolute atomic E-state index is 0.125. The summed E-state index contributed by atoms with van der Waals surface area (Å²) in [5.74, 6) is -0.626. The van der Waals surface area contributed by atoms with Crippen LogP contribution >= 0.6 is 11.3 Å². The first kappa shape index (κ1) is 16.0. The van der Waals surface area contributed by atoms with Gasteiger partial charge < -0.3 is 15.6 Å². The van der Waals surface area contributed by atoms with Crippen molar-refractivity contribution in [1.29, 1.82) is 0 Å². The molecule has 2 amide bonds. The molecule has 0 radical (unpaired) electrons. The molecule has 0 unspecified atom stereocenters. The van der Waals surface area contributed by atoms with Crippen LogP contribution in [0.15, 0.2) is 28.4 Å². The molecule has 0 aromatic carbocycles. The van der Waals surface area contributed by atoms with Gasteiger partial charge in [-0.1, -0.05) is 6.07 Å². The molecule has 0 aliphatic heterocycles. The van der Waals surface area contributed by atoms with E-state index < -0.39 is 0 Å². The van der Waals surface area contributed by atoms with Gasteiger partial charge in [0.25, 0.3) is 11.5 Å². The van der Waals surface area contributed by atoms with E-state index in [1.807, 2.05) is 13.0 Å². The second-order valence-electron chi connectivity index (χ2n) is 4.88. The van der Waals surface area contributed by atoms with Crippen LogP contribution in [0.3, 0.4) is 0 Å². The number of hydrogen-bond donors (Lipinski definition) is 3. The smallest absolute Gasteiger partial charge is 0.261 e. The van der Waals surface area contributed by atoms with Crippen molar-refractivity contribution < 1.29 is 9.59 Å². The third-order valence-corrected chi connectivity index (χ3v) is 3.98. The largest absolute Gasteiger partial charge is 0.350 e. The van der Waals surface area contributed by atoms with E-state index in [-0.39, 0.29) is 30.5 Å². The van der Waals surface area contributed by atoms with Crippen molar-refractivity contribution in [3.05, 3.63) is 55.6 Å². The highest BCUT2D eigenvalue weighted by molar-refractivity contribution is 7.12. The van der Waals surface area contributed by atoms with Crippen LogP contribution in [0.4, 0.5) is 0 Å². The molecule has 0 fully saturated rings. The van der Waals surface area contributed by atoms with Gasteiger partial charge in [0.05, 0.1) is 11.4 Å². The van der Waals surface area contributed by atoms with Crippen LogP contribution in [0, 0.1) is 13.8 Å². The van der Waals surface area contributed by atoms with Gasteiger partial charge in [0.2, 0.25) is 5.91 Å². The van der Waals surface area contributed by atoms with Gasteiger partial charge in [-0.3, -0.25) is 14.4 Å². The Balaban J connectivity index is 1.86. The lowest BCUT2D eigenvalue weighted by atomic mass is 10.1. The van der Waals surface area contributed by atoms with Crippen LogP contribution < -0.4 is 16.2 Å². The molecule has 6 nitrogen and oxygen atoms in total. The van der Waals surface area contributed by atoms with Crippen molar-refractivity contribution in [1.82, 2.24) is 15.6 Å². The Hall–Kier alpha value is -2.41. The Morgan fingerprint density at radius 3 is 2.68 bits per heavy atom. The van der Waals surface area contributed by atoms with Gasteiger partial charge in [-0.05, 0) is 36.9 Å². The number of carbonyl (C=O) groups excluding carboxylic acids is 2. The summed E-state index contributed by atoms with van der Waals surface area (Å²) in [5, 5.41) is 6.96. The van der Waals surface area contributed by atoms with Gasteiger partial charge in [0, 0.05) is 17.8 Å². The second-order valence-corrected chi connectivity index (χ2v) is 5.83. The van der Waals surface area contributed by atoms with Crippen LogP contribution in [0.1, 0.15) is 26.5 Å². The quantitative estimate of drug-likeness (QED) is 0.771. The summed E-state index contributed by atoms with van der Waals surface area (Å²) >= 11 is 1.31. The van der Waals surface area contributed by atoms with Crippen molar-refractivity contribution in [3.63, 3.8) is 0 Å². The molecule has 2 rings (SSSR count). The highest BCUT2D eigenvalue weighted by Gasteiger charge is 2.10. The number of carbonyl (C=O) groups is 2. The van der Waals surface area contributed by atoms with E-state index in [9.17, 15) is 14.4 Å². The fourth-order valence-electron chi connectivity index (χ4n) is 2.01. The van der Waals surface area contributed by atoms with Crippen molar-refractivity contribution >= 4 is 23.2 Å². The van der Waals surface area contributed by atoms with Crippen molar-refractivity contribution in [2.24, 2.45) is 0 Å². The van der Waals surface area contributed by atoms with Crippen LogP contribution in [0.5, 0.6) is 0 Å². The van der Waals surface area contributed by atoms with Crippen molar-refractivity contribution in [3.8, 4) is 0 Å². The number of aromatic amines is 1. The predicted molar refractivity (Wildman–Crippen MR) is 85.0 cm³/mol. The van der Waals surface area contributed by atoms with Gasteiger partial charge in [-0.15, -0.1) is 11.3 Å². The molecule has 2 aromatic rings. The molecule has 2 heterocycles. The topological polar surface area (TPSA) is 91.1 Å². The molecule has 3 N–H and O–H groups in total. The lowest BCUT2D eigenvalue weighted by Crippen LogP contribution is -2.37. The summed E-state index contributed by atoms with van der Waals surface area (Å²) in [5.41, 5.74) is 1.91. The number of aryl methyl sites for hydroxylation is 2. The predicted octanol–water partition coefficient (Wildman–Crippen LogP) is 1.10. The summed E-state index contributed by atoms with van der Waals surface area (Å²) in [4.78, 5) is 38.5. The van der Waals surface area contributed by atoms with E-state index in [1.54, 1.807) is 24.4 Å². The van der Waals surface area contributed by atoms with Gasteiger partial charge >= 0.3 is 0 Å². The molecular weight excluding hydrogens is 302 g/mol. The molecular formula is C15H17N3O3S. The van der Waals surface area contributed by atoms with E-state index in [0.29, 0.717) is 10.4 Å². The molecule has 0 aliphatic carbocycles. The Morgan fingerprint density at radius 2 is 2.05 bits per heavy atom. The SMILES string of the molecule is Cc1cc(C)c(CNC(=O)CNC(=O)c2cccs2)c(=O)[nH]1. The number of nitrogens with one attached hydrogen (secondary N) is 3. The molecule has 116 valence electrons. The average molecular weight is 319 g/mol. The Bertz CT molecular complexity index is 735. The number of H-pyrrole nitrogens is 1. The summed E-state index contributed by atoms with van der Waals surface area (Å²) in [6, 6.07) is 5.31. The van der Waals surface area contributed by atoms with Gasteiger partial charge in [0.15, 0.2) is 0 Å². The van der Waals surface area contributed by atoms with E-state index in [2.05, 4.69) is 15.6 Å². The number of rotatable bonds is 5. The Labute approximate surface area is 131 Å². The Morgan fingerprint density at radius 1 is 1.27 bits per heavy atom. The molecule has 0 aliphatic rings. The minimum Gasteiger partial charge on any atom is -0.350 e. The molecule has 0 bridgehead atoms. The molecule has 0 saturated carbocycles. The van der Waals surface area contributed by atoms with Gasteiger partial charge in [-0.25, -0.2) is 0 Å². The monoisotopic (exact) mass is 319 g/mol. The molecule has 0 atom stereocenters. The number of amides is 2. The molecule has 0 saturated heterocycles. The average Bonchev–Trinajstić information content (AvgIpc) is 2.97. The van der Waals surface area contributed by atoms with Crippen LogP contribution in [-0.4, -0.2) is 23.3 Å². The van der Waals surface area contributed by atoms with Crippen LogP contribution in [-0.2, 0) is 11.3 Å². The van der Waals surface area contributed by atoms with Crippen LogP contribution in [0.2, 0.25) is 0 Å². The highest BCUT2D eigenvalue weighted by atomic mass is 32.1. The third-order valence-electron chi connectivity index (χ3n) is 3.11. The summed E-state index contributed by atoms with van der Waals surface area (Å²) in [6.07, 6.45) is 0. The van der Waals surface area contributed by atoms with E-state index >= 15 is 0 Å². The highest BCUT2D eigenvalue weighted by Crippen LogP contribution is 2.07. The molecule has 22 heavy (non-hydrogen) atoms. The zero-order valence-corrected chi connectivity index (χ0v) is 13.2. The first-order chi connectivity index (χ1) is 10.5. The number of pyridine rings is 1.